The number of hydrogen-bond donors (Lipinski definition) is 2. The minimum atomic E-state index is 0.993. The average Bonchev–Trinajstić information content (AvgIpc) is 2.23. The second-order valence-corrected chi connectivity index (χ2v) is 3.90. The van der Waals surface area contributed by atoms with Gasteiger partial charge in [-0.2, -0.15) is 0 Å². The molecule has 0 bridgehead atoms. The molecule has 0 spiro atoms. The Bertz CT molecular complexity index is 271. The summed E-state index contributed by atoms with van der Waals surface area (Å²) in [6.45, 7) is 7.49. The first-order valence-corrected chi connectivity index (χ1v) is 5.84. The van der Waals surface area contributed by atoms with E-state index in [2.05, 4.69) is 48.7 Å². The molecular weight excluding hydrogens is 184 g/mol. The van der Waals surface area contributed by atoms with Gasteiger partial charge in [-0.25, -0.2) is 0 Å². The summed E-state index contributed by atoms with van der Waals surface area (Å²) < 4.78 is 0. The Morgan fingerprint density at radius 1 is 1.13 bits per heavy atom. The van der Waals surface area contributed by atoms with Crippen LogP contribution in [0.1, 0.15) is 25.3 Å². The van der Waals surface area contributed by atoms with Gasteiger partial charge in [-0.05, 0) is 37.6 Å². The first kappa shape index (κ1) is 12.1. The van der Waals surface area contributed by atoms with Crippen LogP contribution in [0.2, 0.25) is 0 Å². The predicted molar refractivity (Wildman–Crippen MR) is 67.4 cm³/mol. The largest absolute Gasteiger partial charge is 0.384 e. The molecule has 1 aromatic rings. The Labute approximate surface area is 93.1 Å². The Balaban J connectivity index is 2.10. The van der Waals surface area contributed by atoms with Crippen LogP contribution < -0.4 is 10.6 Å². The van der Waals surface area contributed by atoms with Crippen molar-refractivity contribution in [1.82, 2.24) is 5.32 Å². The first-order chi connectivity index (χ1) is 7.33. The molecule has 1 rings (SSSR count). The molecule has 0 unspecified atom stereocenters. The van der Waals surface area contributed by atoms with Crippen molar-refractivity contribution < 1.29 is 0 Å². The minimum Gasteiger partial charge on any atom is -0.384 e. The molecule has 0 fully saturated rings. The van der Waals surface area contributed by atoms with Crippen LogP contribution in [0.4, 0.5) is 5.69 Å². The average molecular weight is 206 g/mol. The quantitative estimate of drug-likeness (QED) is 0.670. The summed E-state index contributed by atoms with van der Waals surface area (Å²) in [5.74, 6) is 0. The zero-order chi connectivity index (χ0) is 10.9. The fourth-order valence-electron chi connectivity index (χ4n) is 1.48. The number of hydrogen-bond acceptors (Lipinski definition) is 2. The van der Waals surface area contributed by atoms with Gasteiger partial charge in [0.2, 0.25) is 0 Å². The number of aryl methyl sites for hydroxylation is 1. The van der Waals surface area contributed by atoms with Crippen molar-refractivity contribution in [3.05, 3.63) is 29.8 Å². The fourth-order valence-corrected chi connectivity index (χ4v) is 1.48. The zero-order valence-electron chi connectivity index (χ0n) is 9.84. The maximum Gasteiger partial charge on any atom is 0.0343 e. The van der Waals surface area contributed by atoms with Crippen molar-refractivity contribution in [2.75, 3.05) is 25.0 Å². The minimum absolute atomic E-state index is 0.993. The van der Waals surface area contributed by atoms with Crippen molar-refractivity contribution in [1.29, 1.82) is 0 Å². The number of anilines is 1. The second kappa shape index (κ2) is 7.30. The number of unbranched alkanes of at least 4 members (excludes halogenated alkanes) is 1. The lowest BCUT2D eigenvalue weighted by Crippen LogP contribution is -2.23. The molecule has 0 aliphatic carbocycles. The summed E-state index contributed by atoms with van der Waals surface area (Å²) in [6, 6.07) is 8.48. The van der Waals surface area contributed by atoms with Gasteiger partial charge in [0, 0.05) is 18.8 Å². The van der Waals surface area contributed by atoms with Gasteiger partial charge >= 0.3 is 0 Å². The summed E-state index contributed by atoms with van der Waals surface area (Å²) in [4.78, 5) is 0. The molecule has 0 radical (unpaired) electrons. The van der Waals surface area contributed by atoms with Crippen LogP contribution in [0.5, 0.6) is 0 Å². The zero-order valence-corrected chi connectivity index (χ0v) is 9.84. The molecule has 2 heteroatoms. The first-order valence-electron chi connectivity index (χ1n) is 5.84. The van der Waals surface area contributed by atoms with Crippen LogP contribution in [-0.2, 0) is 0 Å². The van der Waals surface area contributed by atoms with E-state index in [0.29, 0.717) is 0 Å². The van der Waals surface area contributed by atoms with Gasteiger partial charge in [0.25, 0.3) is 0 Å². The third-order valence-electron chi connectivity index (χ3n) is 2.36. The lowest BCUT2D eigenvalue weighted by Gasteiger charge is -2.07. The van der Waals surface area contributed by atoms with Crippen LogP contribution in [0, 0.1) is 6.92 Å². The van der Waals surface area contributed by atoms with E-state index in [1.54, 1.807) is 0 Å². The van der Waals surface area contributed by atoms with Gasteiger partial charge in [0.1, 0.15) is 0 Å². The van der Waals surface area contributed by atoms with Crippen LogP contribution in [-0.4, -0.2) is 19.6 Å². The van der Waals surface area contributed by atoms with Gasteiger partial charge in [-0.15, -0.1) is 0 Å². The molecule has 15 heavy (non-hydrogen) atoms. The molecule has 0 aliphatic heterocycles. The highest BCUT2D eigenvalue weighted by Crippen LogP contribution is 2.08. The number of benzene rings is 1. The maximum atomic E-state index is 3.41. The van der Waals surface area contributed by atoms with Gasteiger partial charge in [-0.1, -0.05) is 25.5 Å². The van der Waals surface area contributed by atoms with Gasteiger partial charge in [0.15, 0.2) is 0 Å². The Kier molecular flexibility index (Phi) is 5.86. The molecule has 2 nitrogen and oxygen atoms in total. The van der Waals surface area contributed by atoms with Crippen molar-refractivity contribution in [2.24, 2.45) is 0 Å². The predicted octanol–water partition coefficient (Wildman–Crippen LogP) is 2.80. The van der Waals surface area contributed by atoms with E-state index in [1.165, 1.54) is 24.1 Å². The molecule has 0 heterocycles. The van der Waals surface area contributed by atoms with E-state index >= 15 is 0 Å². The molecule has 1 aromatic carbocycles. The van der Waals surface area contributed by atoms with E-state index < -0.39 is 0 Å². The van der Waals surface area contributed by atoms with E-state index in [4.69, 9.17) is 0 Å². The van der Waals surface area contributed by atoms with E-state index in [0.717, 1.165) is 19.6 Å². The van der Waals surface area contributed by atoms with Crippen molar-refractivity contribution in [3.63, 3.8) is 0 Å². The van der Waals surface area contributed by atoms with Gasteiger partial charge in [0.05, 0.1) is 0 Å². The summed E-state index contributed by atoms with van der Waals surface area (Å²) in [5, 5.41) is 6.81. The SMILES string of the molecule is CCCCNCCNc1cccc(C)c1. The Hall–Kier alpha value is -1.02. The van der Waals surface area contributed by atoms with Crippen LogP contribution in [0.25, 0.3) is 0 Å². The highest BCUT2D eigenvalue weighted by Gasteiger charge is 1.91. The molecule has 0 atom stereocenters. The summed E-state index contributed by atoms with van der Waals surface area (Å²) >= 11 is 0. The molecule has 84 valence electrons. The fraction of sp³-hybridized carbons (Fsp3) is 0.538. The van der Waals surface area contributed by atoms with Gasteiger partial charge < -0.3 is 10.6 Å². The van der Waals surface area contributed by atoms with Crippen molar-refractivity contribution in [2.45, 2.75) is 26.7 Å². The third kappa shape index (κ3) is 5.43. The van der Waals surface area contributed by atoms with E-state index in [9.17, 15) is 0 Å². The molecule has 0 amide bonds. The van der Waals surface area contributed by atoms with Crippen LogP contribution in [0.3, 0.4) is 0 Å². The molecule has 0 aromatic heterocycles. The third-order valence-corrected chi connectivity index (χ3v) is 2.36. The molecule has 0 aliphatic rings. The van der Waals surface area contributed by atoms with Crippen molar-refractivity contribution >= 4 is 5.69 Å². The van der Waals surface area contributed by atoms with Gasteiger partial charge in [-0.3, -0.25) is 0 Å². The smallest absolute Gasteiger partial charge is 0.0343 e. The van der Waals surface area contributed by atoms with E-state index in [-0.39, 0.29) is 0 Å². The Morgan fingerprint density at radius 2 is 2.00 bits per heavy atom. The number of rotatable bonds is 7. The summed E-state index contributed by atoms with van der Waals surface area (Å²) in [6.07, 6.45) is 2.53. The van der Waals surface area contributed by atoms with Crippen molar-refractivity contribution in [3.8, 4) is 0 Å². The highest BCUT2D eigenvalue weighted by molar-refractivity contribution is 5.45. The topological polar surface area (TPSA) is 24.1 Å². The molecule has 0 saturated heterocycles. The monoisotopic (exact) mass is 206 g/mol. The summed E-state index contributed by atoms with van der Waals surface area (Å²) in [7, 11) is 0. The molecule has 0 saturated carbocycles. The number of nitrogens with one attached hydrogen (secondary N) is 2. The Morgan fingerprint density at radius 3 is 2.73 bits per heavy atom. The molecular formula is C13H22N2. The maximum absolute atomic E-state index is 3.41. The lowest BCUT2D eigenvalue weighted by molar-refractivity contribution is 0.652. The molecule has 2 N–H and O–H groups in total. The van der Waals surface area contributed by atoms with Crippen LogP contribution >= 0.6 is 0 Å². The summed E-state index contributed by atoms with van der Waals surface area (Å²) in [5.41, 5.74) is 2.52. The standard InChI is InChI=1S/C13H22N2/c1-3-4-8-14-9-10-15-13-7-5-6-12(2)11-13/h5-7,11,14-15H,3-4,8-10H2,1-2H3. The van der Waals surface area contributed by atoms with E-state index in [1.807, 2.05) is 0 Å². The second-order valence-electron chi connectivity index (χ2n) is 3.90. The highest BCUT2D eigenvalue weighted by atomic mass is 14.9. The normalized spacial score (nSPS) is 10.3. The van der Waals surface area contributed by atoms with Crippen LogP contribution in [0.15, 0.2) is 24.3 Å². The lowest BCUT2D eigenvalue weighted by atomic mass is 10.2.